The Morgan fingerprint density at radius 2 is 1.90 bits per heavy atom. The van der Waals surface area contributed by atoms with Crippen LogP contribution in [0.2, 0.25) is 5.02 Å². The van der Waals surface area contributed by atoms with Crippen LogP contribution in [0, 0.1) is 5.92 Å². The van der Waals surface area contributed by atoms with E-state index in [1.165, 1.54) is 0 Å². The normalized spacial score (nSPS) is 21.3. The van der Waals surface area contributed by atoms with E-state index >= 15 is 0 Å². The average molecular weight is 309 g/mol. The molecule has 3 rings (SSSR count). The molecule has 0 spiro atoms. The van der Waals surface area contributed by atoms with E-state index in [9.17, 15) is 9.90 Å². The van der Waals surface area contributed by atoms with Crippen molar-refractivity contribution < 1.29 is 9.90 Å². The van der Waals surface area contributed by atoms with E-state index in [0.29, 0.717) is 29.6 Å². The zero-order chi connectivity index (χ0) is 14.8. The second-order valence-corrected chi connectivity index (χ2v) is 6.38. The van der Waals surface area contributed by atoms with E-state index in [4.69, 9.17) is 11.6 Å². The minimum Gasteiger partial charge on any atom is -0.392 e. The first-order chi connectivity index (χ1) is 10.1. The summed E-state index contributed by atoms with van der Waals surface area (Å²) in [6, 6.07) is 7.18. The van der Waals surface area contributed by atoms with Crippen molar-refractivity contribution in [2.75, 3.05) is 32.7 Å². The molecule has 1 aliphatic carbocycles. The lowest BCUT2D eigenvalue weighted by Gasteiger charge is -2.35. The number of β-amino-alcohol motifs (C(OH)–C–C–N with tert-alkyl or cyclic N) is 1. The van der Waals surface area contributed by atoms with Crippen LogP contribution in [0.3, 0.4) is 0 Å². The molecule has 1 aliphatic heterocycles. The topological polar surface area (TPSA) is 43.8 Å². The number of halogens is 1. The molecule has 5 heteroatoms. The molecule has 2 aliphatic rings. The molecular weight excluding hydrogens is 288 g/mol. The van der Waals surface area contributed by atoms with Gasteiger partial charge in [-0.05, 0) is 30.9 Å². The molecule has 1 aromatic carbocycles. The van der Waals surface area contributed by atoms with Crippen LogP contribution in [0.1, 0.15) is 23.2 Å². The van der Waals surface area contributed by atoms with Gasteiger partial charge >= 0.3 is 0 Å². The molecule has 1 N–H and O–H groups in total. The fourth-order valence-corrected chi connectivity index (χ4v) is 3.05. The maximum Gasteiger partial charge on any atom is 0.255 e. The molecule has 2 fully saturated rings. The first kappa shape index (κ1) is 14.8. The SMILES string of the molecule is O=C(c1ccccc1Cl)N1CCN(C[C@@H](O)C2CC2)CC1. The summed E-state index contributed by atoms with van der Waals surface area (Å²) in [4.78, 5) is 16.5. The van der Waals surface area contributed by atoms with Crippen molar-refractivity contribution in [3.63, 3.8) is 0 Å². The van der Waals surface area contributed by atoms with Crippen LogP contribution < -0.4 is 0 Å². The standard InChI is InChI=1S/C16H21ClN2O2/c17-14-4-2-1-3-13(14)16(21)19-9-7-18(8-10-19)11-15(20)12-5-6-12/h1-4,12,15,20H,5-11H2/t15-/m1/s1. The fraction of sp³-hybridized carbons (Fsp3) is 0.562. The van der Waals surface area contributed by atoms with Crippen LogP contribution in [0.15, 0.2) is 24.3 Å². The van der Waals surface area contributed by atoms with E-state index < -0.39 is 0 Å². The number of carbonyl (C=O) groups is 1. The van der Waals surface area contributed by atoms with Crippen LogP contribution in [-0.4, -0.2) is 59.6 Å². The predicted octanol–water partition coefficient (Wildman–Crippen LogP) is 1.87. The van der Waals surface area contributed by atoms with Gasteiger partial charge in [-0.2, -0.15) is 0 Å². The molecule has 1 saturated heterocycles. The smallest absolute Gasteiger partial charge is 0.255 e. The summed E-state index contributed by atoms with van der Waals surface area (Å²) in [5.41, 5.74) is 0.575. The average Bonchev–Trinajstić information content (AvgIpc) is 3.32. The van der Waals surface area contributed by atoms with Crippen molar-refractivity contribution in [3.8, 4) is 0 Å². The molecule has 21 heavy (non-hydrogen) atoms. The van der Waals surface area contributed by atoms with Crippen molar-refractivity contribution in [1.29, 1.82) is 0 Å². The largest absolute Gasteiger partial charge is 0.392 e. The molecule has 1 aromatic rings. The summed E-state index contributed by atoms with van der Waals surface area (Å²) in [5, 5.41) is 10.5. The Balaban J connectivity index is 1.53. The summed E-state index contributed by atoms with van der Waals surface area (Å²) in [6.07, 6.45) is 2.12. The first-order valence-electron chi connectivity index (χ1n) is 7.59. The van der Waals surface area contributed by atoms with E-state index in [2.05, 4.69) is 4.90 Å². The Morgan fingerprint density at radius 3 is 2.52 bits per heavy atom. The highest BCUT2D eigenvalue weighted by atomic mass is 35.5. The monoisotopic (exact) mass is 308 g/mol. The van der Waals surface area contributed by atoms with Gasteiger partial charge in [0, 0.05) is 32.7 Å². The van der Waals surface area contributed by atoms with E-state index in [0.717, 1.165) is 32.5 Å². The number of aliphatic hydroxyl groups excluding tert-OH is 1. The summed E-state index contributed by atoms with van der Waals surface area (Å²) in [7, 11) is 0. The highest BCUT2D eigenvalue weighted by Crippen LogP contribution is 2.33. The number of amides is 1. The third-order valence-corrected chi connectivity index (χ3v) is 4.70. The zero-order valence-corrected chi connectivity index (χ0v) is 12.8. The summed E-state index contributed by atoms with van der Waals surface area (Å²) < 4.78 is 0. The number of nitrogens with zero attached hydrogens (tertiary/aromatic N) is 2. The molecular formula is C16H21ClN2O2. The predicted molar refractivity (Wildman–Crippen MR) is 82.5 cm³/mol. The molecule has 114 valence electrons. The Labute approximate surface area is 130 Å². The number of piperazine rings is 1. The number of rotatable bonds is 4. The lowest BCUT2D eigenvalue weighted by Crippen LogP contribution is -2.50. The van der Waals surface area contributed by atoms with Crippen LogP contribution >= 0.6 is 11.6 Å². The molecule has 1 atom stereocenters. The fourth-order valence-electron chi connectivity index (χ4n) is 2.83. The molecule has 0 bridgehead atoms. The molecule has 4 nitrogen and oxygen atoms in total. The quantitative estimate of drug-likeness (QED) is 0.923. The van der Waals surface area contributed by atoms with Crippen molar-refractivity contribution in [2.45, 2.75) is 18.9 Å². The summed E-state index contributed by atoms with van der Waals surface area (Å²) in [5.74, 6) is 0.510. The number of carbonyl (C=O) groups excluding carboxylic acids is 1. The van der Waals surface area contributed by atoms with Gasteiger partial charge in [0.1, 0.15) is 0 Å². The molecule has 1 saturated carbocycles. The lowest BCUT2D eigenvalue weighted by molar-refractivity contribution is 0.0489. The van der Waals surface area contributed by atoms with Gasteiger partial charge < -0.3 is 10.0 Å². The number of hydrogen-bond donors (Lipinski definition) is 1. The molecule has 1 amide bonds. The van der Waals surface area contributed by atoms with E-state index in [-0.39, 0.29) is 12.0 Å². The Hall–Kier alpha value is -1.10. The van der Waals surface area contributed by atoms with Crippen molar-refractivity contribution in [1.82, 2.24) is 9.80 Å². The van der Waals surface area contributed by atoms with Gasteiger partial charge in [-0.1, -0.05) is 23.7 Å². The second-order valence-electron chi connectivity index (χ2n) is 5.98. The Morgan fingerprint density at radius 1 is 1.24 bits per heavy atom. The first-order valence-corrected chi connectivity index (χ1v) is 7.97. The minimum absolute atomic E-state index is 0.00277. The molecule has 0 radical (unpaired) electrons. The molecule has 1 heterocycles. The van der Waals surface area contributed by atoms with Crippen LogP contribution in [0.5, 0.6) is 0 Å². The minimum atomic E-state index is -0.198. The van der Waals surface area contributed by atoms with Crippen molar-refractivity contribution >= 4 is 17.5 Å². The Bertz CT molecular complexity index is 511. The second kappa shape index (κ2) is 6.34. The van der Waals surface area contributed by atoms with Gasteiger partial charge in [-0.3, -0.25) is 9.69 Å². The maximum atomic E-state index is 12.4. The summed E-state index contributed by atoms with van der Waals surface area (Å²) >= 11 is 6.09. The third kappa shape index (κ3) is 3.57. The number of aliphatic hydroxyl groups is 1. The number of hydrogen-bond acceptors (Lipinski definition) is 3. The highest BCUT2D eigenvalue weighted by Gasteiger charge is 2.32. The lowest BCUT2D eigenvalue weighted by atomic mass is 10.1. The van der Waals surface area contributed by atoms with E-state index in [1.54, 1.807) is 12.1 Å². The Kier molecular flexibility index (Phi) is 4.48. The van der Waals surface area contributed by atoms with Gasteiger partial charge in [-0.15, -0.1) is 0 Å². The van der Waals surface area contributed by atoms with Gasteiger partial charge in [0.25, 0.3) is 5.91 Å². The van der Waals surface area contributed by atoms with Crippen molar-refractivity contribution in [3.05, 3.63) is 34.9 Å². The van der Waals surface area contributed by atoms with Crippen LogP contribution in [-0.2, 0) is 0 Å². The molecule has 0 aromatic heterocycles. The summed E-state index contributed by atoms with van der Waals surface area (Å²) in [6.45, 7) is 3.77. The van der Waals surface area contributed by atoms with Gasteiger partial charge in [0.2, 0.25) is 0 Å². The third-order valence-electron chi connectivity index (χ3n) is 4.38. The van der Waals surface area contributed by atoms with Gasteiger partial charge in [0.15, 0.2) is 0 Å². The van der Waals surface area contributed by atoms with Gasteiger partial charge in [0.05, 0.1) is 16.7 Å². The highest BCUT2D eigenvalue weighted by molar-refractivity contribution is 6.33. The van der Waals surface area contributed by atoms with Crippen LogP contribution in [0.4, 0.5) is 0 Å². The van der Waals surface area contributed by atoms with Crippen molar-refractivity contribution in [2.24, 2.45) is 5.92 Å². The van der Waals surface area contributed by atoms with E-state index in [1.807, 2.05) is 17.0 Å². The zero-order valence-electron chi connectivity index (χ0n) is 12.0. The van der Waals surface area contributed by atoms with Gasteiger partial charge in [-0.25, -0.2) is 0 Å². The maximum absolute atomic E-state index is 12.4. The molecule has 0 unspecified atom stereocenters. The number of benzene rings is 1. The van der Waals surface area contributed by atoms with Crippen LogP contribution in [0.25, 0.3) is 0 Å².